The van der Waals surface area contributed by atoms with E-state index in [1.807, 2.05) is 24.3 Å². The van der Waals surface area contributed by atoms with Crippen LogP contribution in [0.5, 0.6) is 11.5 Å². The van der Waals surface area contributed by atoms with Crippen molar-refractivity contribution < 1.29 is 23.4 Å². The molecule has 1 aliphatic rings. The summed E-state index contributed by atoms with van der Waals surface area (Å²) in [6, 6.07) is 16.1. The van der Waals surface area contributed by atoms with Gasteiger partial charge in [-0.2, -0.15) is 0 Å². The molecule has 0 radical (unpaired) electrons. The first kappa shape index (κ1) is 18.8. The first-order valence-electron chi connectivity index (χ1n) is 8.75. The zero-order valence-corrected chi connectivity index (χ0v) is 16.2. The van der Waals surface area contributed by atoms with Crippen LogP contribution in [0, 0.1) is 0 Å². The minimum absolute atomic E-state index is 0.137. The smallest absolute Gasteiger partial charge is 0.363 e. The molecule has 0 saturated carbocycles. The van der Waals surface area contributed by atoms with E-state index in [4.69, 9.17) is 30.2 Å². The van der Waals surface area contributed by atoms with Crippen LogP contribution in [0.1, 0.15) is 16.9 Å². The molecule has 0 fully saturated rings. The van der Waals surface area contributed by atoms with E-state index in [-0.39, 0.29) is 11.6 Å². The highest BCUT2D eigenvalue weighted by molar-refractivity contribution is 6.31. The highest BCUT2D eigenvalue weighted by Crippen LogP contribution is 2.31. The van der Waals surface area contributed by atoms with Crippen molar-refractivity contribution in [1.29, 1.82) is 0 Å². The van der Waals surface area contributed by atoms with E-state index >= 15 is 0 Å². The summed E-state index contributed by atoms with van der Waals surface area (Å²) in [6.45, 7) is 0.305. The average Bonchev–Trinajstić information content (AvgIpc) is 3.38. The molecular weight excluding hydrogens is 394 g/mol. The lowest BCUT2D eigenvalue weighted by Gasteiger charge is -2.12. The fraction of sp³-hybridized carbons (Fsp3) is 0.0909. The Morgan fingerprint density at radius 3 is 2.72 bits per heavy atom. The highest BCUT2D eigenvalue weighted by atomic mass is 35.5. The molecule has 0 bridgehead atoms. The Kier molecular flexibility index (Phi) is 5.35. The van der Waals surface area contributed by atoms with Gasteiger partial charge >= 0.3 is 5.97 Å². The molecule has 0 amide bonds. The zero-order valence-electron chi connectivity index (χ0n) is 15.4. The van der Waals surface area contributed by atoms with Gasteiger partial charge in [0.15, 0.2) is 23.0 Å². The van der Waals surface area contributed by atoms with Gasteiger partial charge in [0.1, 0.15) is 6.61 Å². The van der Waals surface area contributed by atoms with Crippen LogP contribution in [0.25, 0.3) is 6.08 Å². The molecule has 2 heterocycles. The van der Waals surface area contributed by atoms with Crippen LogP contribution in [0.3, 0.4) is 0 Å². The number of nitrogens with zero attached hydrogens (tertiary/aromatic N) is 1. The van der Waals surface area contributed by atoms with Gasteiger partial charge in [-0.15, -0.1) is 0 Å². The van der Waals surface area contributed by atoms with Crippen molar-refractivity contribution in [2.75, 3.05) is 7.11 Å². The van der Waals surface area contributed by atoms with Crippen LogP contribution in [0.15, 0.2) is 76.0 Å². The molecule has 1 aliphatic heterocycles. The Morgan fingerprint density at radius 2 is 1.97 bits per heavy atom. The first-order chi connectivity index (χ1) is 14.1. The molecule has 29 heavy (non-hydrogen) atoms. The first-order valence-corrected chi connectivity index (χ1v) is 9.12. The molecule has 6 nitrogen and oxygen atoms in total. The minimum Gasteiger partial charge on any atom is -0.493 e. The number of cyclic esters (lactones) is 1. The third kappa shape index (κ3) is 4.17. The SMILES string of the molecule is COc1cc(/C=C2/N=C(c3ccco3)OC2=O)ccc1OCc1ccccc1Cl. The van der Waals surface area contributed by atoms with E-state index in [1.54, 1.807) is 43.5 Å². The maximum Gasteiger partial charge on any atom is 0.363 e. The lowest BCUT2D eigenvalue weighted by Crippen LogP contribution is -2.04. The number of methoxy groups -OCH3 is 1. The van der Waals surface area contributed by atoms with Crippen LogP contribution >= 0.6 is 11.6 Å². The van der Waals surface area contributed by atoms with Crippen LogP contribution in [0.4, 0.5) is 0 Å². The summed E-state index contributed by atoms with van der Waals surface area (Å²) in [7, 11) is 1.55. The lowest BCUT2D eigenvalue weighted by molar-refractivity contribution is -0.130. The average molecular weight is 410 g/mol. The standard InChI is InChI=1S/C22H16ClNO5/c1-26-20-12-14(8-9-18(20)28-13-15-5-2-3-6-16(15)23)11-17-22(25)29-21(24-17)19-7-4-10-27-19/h2-12H,13H2,1H3/b17-11+. The van der Waals surface area contributed by atoms with Gasteiger partial charge < -0.3 is 18.6 Å². The minimum atomic E-state index is -0.547. The molecule has 146 valence electrons. The van der Waals surface area contributed by atoms with Crippen molar-refractivity contribution >= 4 is 29.5 Å². The lowest BCUT2D eigenvalue weighted by atomic mass is 10.1. The van der Waals surface area contributed by atoms with Crippen molar-refractivity contribution in [3.05, 3.63) is 88.5 Å². The quantitative estimate of drug-likeness (QED) is 0.429. The molecule has 4 rings (SSSR count). The number of ether oxygens (including phenoxy) is 3. The van der Waals surface area contributed by atoms with Crippen LogP contribution in [-0.2, 0) is 16.1 Å². The summed E-state index contributed by atoms with van der Waals surface area (Å²) < 4.78 is 21.6. The number of hydrogen-bond donors (Lipinski definition) is 0. The Morgan fingerprint density at radius 1 is 1.10 bits per heavy atom. The monoisotopic (exact) mass is 409 g/mol. The highest BCUT2D eigenvalue weighted by Gasteiger charge is 2.25. The van der Waals surface area contributed by atoms with Crippen LogP contribution in [0.2, 0.25) is 5.02 Å². The second-order valence-electron chi connectivity index (χ2n) is 6.10. The Hall–Kier alpha value is -3.51. The van der Waals surface area contributed by atoms with Gasteiger partial charge in [0, 0.05) is 10.6 Å². The van der Waals surface area contributed by atoms with Crippen molar-refractivity contribution in [3.8, 4) is 11.5 Å². The topological polar surface area (TPSA) is 70.3 Å². The summed E-state index contributed by atoms with van der Waals surface area (Å²) in [5, 5.41) is 0.637. The Bertz CT molecular complexity index is 1100. The maximum atomic E-state index is 12.1. The summed E-state index contributed by atoms with van der Waals surface area (Å²) in [4.78, 5) is 16.3. The Labute approximate surface area is 172 Å². The van der Waals surface area contributed by atoms with Crippen LogP contribution in [-0.4, -0.2) is 19.0 Å². The van der Waals surface area contributed by atoms with Gasteiger partial charge in [0.25, 0.3) is 5.90 Å². The summed E-state index contributed by atoms with van der Waals surface area (Å²) in [5.74, 6) is 1.06. The third-order valence-electron chi connectivity index (χ3n) is 4.18. The zero-order chi connectivity index (χ0) is 20.2. The van der Waals surface area contributed by atoms with E-state index in [0.717, 1.165) is 5.56 Å². The second-order valence-corrected chi connectivity index (χ2v) is 6.51. The fourth-order valence-corrected chi connectivity index (χ4v) is 2.93. The third-order valence-corrected chi connectivity index (χ3v) is 4.55. The van der Waals surface area contributed by atoms with Gasteiger partial charge in [-0.05, 0) is 42.0 Å². The maximum absolute atomic E-state index is 12.1. The predicted molar refractivity (Wildman–Crippen MR) is 108 cm³/mol. The molecule has 7 heteroatoms. The molecule has 0 aliphatic carbocycles. The molecule has 3 aromatic rings. The number of hydrogen-bond acceptors (Lipinski definition) is 6. The van der Waals surface area contributed by atoms with Crippen molar-refractivity contribution in [3.63, 3.8) is 0 Å². The largest absolute Gasteiger partial charge is 0.493 e. The Balaban J connectivity index is 1.54. The summed E-state index contributed by atoms with van der Waals surface area (Å²) >= 11 is 6.17. The molecule has 0 spiro atoms. The molecule has 0 unspecified atom stereocenters. The molecular formula is C22H16ClNO5. The predicted octanol–water partition coefficient (Wildman–Crippen LogP) is 4.87. The number of esters is 1. The van der Waals surface area contributed by atoms with E-state index in [0.29, 0.717) is 34.5 Å². The van der Waals surface area contributed by atoms with E-state index in [2.05, 4.69) is 4.99 Å². The van der Waals surface area contributed by atoms with Gasteiger partial charge in [-0.25, -0.2) is 9.79 Å². The summed E-state index contributed by atoms with van der Waals surface area (Å²) in [6.07, 6.45) is 3.10. The number of carbonyl (C=O) groups excluding carboxylic acids is 1. The molecule has 0 atom stereocenters. The molecule has 0 saturated heterocycles. The normalized spacial score (nSPS) is 14.6. The van der Waals surface area contributed by atoms with E-state index in [9.17, 15) is 4.79 Å². The van der Waals surface area contributed by atoms with Crippen molar-refractivity contribution in [2.24, 2.45) is 4.99 Å². The van der Waals surface area contributed by atoms with E-state index in [1.165, 1.54) is 6.26 Å². The van der Waals surface area contributed by atoms with Crippen molar-refractivity contribution in [1.82, 2.24) is 0 Å². The molecule has 0 N–H and O–H groups in total. The number of halogens is 1. The van der Waals surface area contributed by atoms with Gasteiger partial charge in [0.2, 0.25) is 0 Å². The van der Waals surface area contributed by atoms with Crippen LogP contribution < -0.4 is 9.47 Å². The molecule has 2 aromatic carbocycles. The summed E-state index contributed by atoms with van der Waals surface area (Å²) in [5.41, 5.74) is 1.75. The van der Waals surface area contributed by atoms with Gasteiger partial charge in [0.05, 0.1) is 13.4 Å². The number of carbonyl (C=O) groups is 1. The van der Waals surface area contributed by atoms with Gasteiger partial charge in [-0.3, -0.25) is 0 Å². The number of benzene rings is 2. The number of furan rings is 1. The van der Waals surface area contributed by atoms with Crippen molar-refractivity contribution in [2.45, 2.75) is 6.61 Å². The molecule has 1 aromatic heterocycles. The number of rotatable bonds is 6. The number of aliphatic imine (C=N–C) groups is 1. The van der Waals surface area contributed by atoms with E-state index < -0.39 is 5.97 Å². The second kappa shape index (κ2) is 8.24. The van der Waals surface area contributed by atoms with Gasteiger partial charge in [-0.1, -0.05) is 35.9 Å². The fourth-order valence-electron chi connectivity index (χ4n) is 2.74.